The van der Waals surface area contributed by atoms with Gasteiger partial charge < -0.3 is 10.1 Å². The van der Waals surface area contributed by atoms with E-state index in [9.17, 15) is 9.59 Å². The van der Waals surface area contributed by atoms with E-state index < -0.39 is 6.03 Å². The van der Waals surface area contributed by atoms with E-state index in [-0.39, 0.29) is 18.1 Å². The summed E-state index contributed by atoms with van der Waals surface area (Å²) in [4.78, 5) is 25.6. The Kier molecular flexibility index (Phi) is 4.95. The predicted molar refractivity (Wildman–Crippen MR) is 95.6 cm³/mol. The maximum atomic E-state index is 12.4. The summed E-state index contributed by atoms with van der Waals surface area (Å²) in [5, 5.41) is 2.61. The summed E-state index contributed by atoms with van der Waals surface area (Å²) in [6.07, 6.45) is 5.20. The van der Waals surface area contributed by atoms with Gasteiger partial charge in [0.15, 0.2) is 0 Å². The fraction of sp³-hybridized carbons (Fsp3) is 0.100. The van der Waals surface area contributed by atoms with Crippen LogP contribution in [0, 0.1) is 0 Å². The largest absolute Gasteiger partial charge is 0.497 e. The highest BCUT2D eigenvalue weighted by Crippen LogP contribution is 2.15. The first-order chi connectivity index (χ1) is 12.2. The molecule has 5 nitrogen and oxygen atoms in total. The molecule has 0 radical (unpaired) electrons. The van der Waals surface area contributed by atoms with Gasteiger partial charge in [0.2, 0.25) is 0 Å². The quantitative estimate of drug-likeness (QED) is 0.674. The first-order valence-corrected chi connectivity index (χ1v) is 7.86. The maximum absolute atomic E-state index is 12.4. The van der Waals surface area contributed by atoms with Gasteiger partial charge in [-0.25, -0.2) is 4.79 Å². The summed E-state index contributed by atoms with van der Waals surface area (Å²) >= 11 is 0. The van der Waals surface area contributed by atoms with Gasteiger partial charge in [-0.05, 0) is 29.3 Å². The summed E-state index contributed by atoms with van der Waals surface area (Å²) in [6.45, 7) is 0.255. The molecular formula is C20H18N2O3. The Morgan fingerprint density at radius 2 is 1.76 bits per heavy atom. The Hall–Kier alpha value is -3.34. The van der Waals surface area contributed by atoms with Crippen molar-refractivity contribution in [1.29, 1.82) is 0 Å². The predicted octanol–water partition coefficient (Wildman–Crippen LogP) is 3.34. The molecule has 25 heavy (non-hydrogen) atoms. The topological polar surface area (TPSA) is 58.6 Å². The second kappa shape index (κ2) is 7.49. The number of rotatable bonds is 5. The molecule has 1 N–H and O–H groups in total. The van der Waals surface area contributed by atoms with Crippen LogP contribution < -0.4 is 10.1 Å². The zero-order valence-electron chi connectivity index (χ0n) is 13.8. The maximum Gasteiger partial charge on any atom is 0.329 e. The summed E-state index contributed by atoms with van der Waals surface area (Å²) in [5.41, 5.74) is 2.14. The molecule has 5 heteroatoms. The van der Waals surface area contributed by atoms with Gasteiger partial charge in [0.25, 0.3) is 5.91 Å². The average molecular weight is 334 g/mol. The van der Waals surface area contributed by atoms with E-state index in [1.54, 1.807) is 19.3 Å². The van der Waals surface area contributed by atoms with Crippen molar-refractivity contribution in [3.63, 3.8) is 0 Å². The monoisotopic (exact) mass is 334 g/mol. The van der Waals surface area contributed by atoms with Gasteiger partial charge in [-0.2, -0.15) is 0 Å². The highest BCUT2D eigenvalue weighted by Gasteiger charge is 2.32. The molecule has 0 unspecified atom stereocenters. The van der Waals surface area contributed by atoms with E-state index in [0.717, 1.165) is 16.9 Å². The first kappa shape index (κ1) is 16.5. The SMILES string of the molecule is COc1ccc(/C=C/C=C2/NC(=O)N(Cc3ccccc3)C2=O)cc1. The number of benzene rings is 2. The number of hydrogen-bond acceptors (Lipinski definition) is 3. The second-order valence-corrected chi connectivity index (χ2v) is 5.52. The number of carbonyl (C=O) groups is 2. The van der Waals surface area contributed by atoms with Gasteiger partial charge in [0, 0.05) is 0 Å². The van der Waals surface area contributed by atoms with Crippen LogP contribution in [0.3, 0.4) is 0 Å². The van der Waals surface area contributed by atoms with Crippen molar-refractivity contribution < 1.29 is 14.3 Å². The van der Waals surface area contributed by atoms with Crippen molar-refractivity contribution in [2.75, 3.05) is 7.11 Å². The fourth-order valence-electron chi connectivity index (χ4n) is 2.47. The fourth-order valence-corrected chi connectivity index (χ4v) is 2.47. The van der Waals surface area contributed by atoms with Gasteiger partial charge >= 0.3 is 6.03 Å². The van der Waals surface area contributed by atoms with Crippen molar-refractivity contribution in [2.24, 2.45) is 0 Å². The molecule has 0 bridgehead atoms. The molecule has 1 heterocycles. The van der Waals surface area contributed by atoms with Crippen LogP contribution >= 0.6 is 0 Å². The molecule has 0 saturated carbocycles. The van der Waals surface area contributed by atoms with E-state index in [4.69, 9.17) is 4.74 Å². The number of carbonyl (C=O) groups excluding carboxylic acids is 2. The Balaban J connectivity index is 1.68. The molecule has 1 saturated heterocycles. The number of imide groups is 1. The lowest BCUT2D eigenvalue weighted by molar-refractivity contribution is -0.123. The number of nitrogens with one attached hydrogen (secondary N) is 1. The average Bonchev–Trinajstić information content (AvgIpc) is 2.91. The van der Waals surface area contributed by atoms with Gasteiger partial charge in [0.1, 0.15) is 11.4 Å². The third-order valence-corrected chi connectivity index (χ3v) is 3.81. The number of hydrogen-bond donors (Lipinski definition) is 1. The molecule has 0 spiro atoms. The lowest BCUT2D eigenvalue weighted by Gasteiger charge is -2.11. The molecule has 0 atom stereocenters. The van der Waals surface area contributed by atoms with Gasteiger partial charge in [-0.15, -0.1) is 0 Å². The summed E-state index contributed by atoms with van der Waals surface area (Å²) < 4.78 is 5.11. The number of allylic oxidation sites excluding steroid dienone is 2. The molecule has 1 fully saturated rings. The first-order valence-electron chi connectivity index (χ1n) is 7.86. The summed E-state index contributed by atoms with van der Waals surface area (Å²) in [6, 6.07) is 16.5. The van der Waals surface area contributed by atoms with Crippen molar-refractivity contribution in [1.82, 2.24) is 10.2 Å². The molecule has 2 aromatic rings. The molecule has 126 valence electrons. The third-order valence-electron chi connectivity index (χ3n) is 3.81. The minimum absolute atomic E-state index is 0.255. The number of nitrogens with zero attached hydrogens (tertiary/aromatic N) is 1. The van der Waals surface area contributed by atoms with Crippen LogP contribution in [-0.2, 0) is 11.3 Å². The van der Waals surface area contributed by atoms with E-state index in [1.165, 1.54) is 4.90 Å². The van der Waals surface area contributed by atoms with Crippen LogP contribution in [0.15, 0.2) is 72.4 Å². The highest BCUT2D eigenvalue weighted by molar-refractivity contribution is 6.11. The molecule has 0 aromatic heterocycles. The van der Waals surface area contributed by atoms with Crippen LogP contribution in [0.4, 0.5) is 4.79 Å². The van der Waals surface area contributed by atoms with Crippen LogP contribution in [-0.4, -0.2) is 23.9 Å². The number of amides is 3. The molecular weight excluding hydrogens is 316 g/mol. The zero-order valence-corrected chi connectivity index (χ0v) is 13.8. The normalized spacial score (nSPS) is 15.9. The minimum Gasteiger partial charge on any atom is -0.497 e. The Morgan fingerprint density at radius 3 is 2.44 bits per heavy atom. The van der Waals surface area contributed by atoms with Crippen molar-refractivity contribution in [2.45, 2.75) is 6.54 Å². The third kappa shape index (κ3) is 3.95. The van der Waals surface area contributed by atoms with Crippen molar-refractivity contribution in [3.8, 4) is 5.75 Å². The number of urea groups is 1. The summed E-state index contributed by atoms with van der Waals surface area (Å²) in [5.74, 6) is 0.457. The summed E-state index contributed by atoms with van der Waals surface area (Å²) in [7, 11) is 1.62. The van der Waals surface area contributed by atoms with E-state index in [0.29, 0.717) is 0 Å². The van der Waals surface area contributed by atoms with Crippen molar-refractivity contribution in [3.05, 3.63) is 83.6 Å². The highest BCUT2D eigenvalue weighted by atomic mass is 16.5. The van der Waals surface area contributed by atoms with Gasteiger partial charge in [-0.3, -0.25) is 9.69 Å². The van der Waals surface area contributed by atoms with Crippen LogP contribution in [0.25, 0.3) is 6.08 Å². The van der Waals surface area contributed by atoms with Crippen molar-refractivity contribution >= 4 is 18.0 Å². The van der Waals surface area contributed by atoms with E-state index in [1.807, 2.05) is 60.7 Å². The molecule has 3 amide bonds. The van der Waals surface area contributed by atoms with Crippen LogP contribution in [0.5, 0.6) is 5.75 Å². The molecule has 1 aliphatic heterocycles. The molecule has 2 aromatic carbocycles. The molecule has 1 aliphatic rings. The lowest BCUT2D eigenvalue weighted by Crippen LogP contribution is -2.30. The minimum atomic E-state index is -0.405. The van der Waals surface area contributed by atoms with Crippen LogP contribution in [0.2, 0.25) is 0 Å². The molecule has 3 rings (SSSR count). The lowest BCUT2D eigenvalue weighted by atomic mass is 10.2. The van der Waals surface area contributed by atoms with E-state index >= 15 is 0 Å². The Morgan fingerprint density at radius 1 is 1.04 bits per heavy atom. The van der Waals surface area contributed by atoms with Crippen LogP contribution in [0.1, 0.15) is 11.1 Å². The number of methoxy groups -OCH3 is 1. The smallest absolute Gasteiger partial charge is 0.329 e. The Labute approximate surface area is 146 Å². The zero-order chi connectivity index (χ0) is 17.6. The standard InChI is InChI=1S/C20H18N2O3/c1-25-17-12-10-15(11-13-17)8-5-9-18-19(23)22(20(24)21-18)14-16-6-3-2-4-7-16/h2-13H,14H2,1H3,(H,21,24)/b8-5+,18-9+. The van der Waals surface area contributed by atoms with Gasteiger partial charge in [0.05, 0.1) is 13.7 Å². The van der Waals surface area contributed by atoms with Gasteiger partial charge in [-0.1, -0.05) is 54.6 Å². The van der Waals surface area contributed by atoms with E-state index in [2.05, 4.69) is 5.32 Å². The number of ether oxygens (including phenoxy) is 1. The second-order valence-electron chi connectivity index (χ2n) is 5.52. The Bertz CT molecular complexity index is 824. The molecule has 0 aliphatic carbocycles.